The molecule has 0 atom stereocenters. The van der Waals surface area contributed by atoms with E-state index >= 15 is 0 Å². The Morgan fingerprint density at radius 2 is 0.943 bits per heavy atom. The predicted molar refractivity (Wildman–Crippen MR) is 146 cm³/mol. The Labute approximate surface area is 214 Å². The van der Waals surface area contributed by atoms with Crippen LogP contribution >= 0.6 is 0 Å². The van der Waals surface area contributed by atoms with E-state index in [9.17, 15) is 9.90 Å². The summed E-state index contributed by atoms with van der Waals surface area (Å²) < 4.78 is 5.55. The molecule has 0 aliphatic carbocycles. The minimum absolute atomic E-state index is 0.346. The van der Waals surface area contributed by atoms with Gasteiger partial charge in [0, 0.05) is 0 Å². The van der Waals surface area contributed by atoms with E-state index < -0.39 is 11.6 Å². The van der Waals surface area contributed by atoms with Gasteiger partial charge in [-0.3, -0.25) is 0 Å². The van der Waals surface area contributed by atoms with Crippen molar-refractivity contribution in [3.63, 3.8) is 0 Å². The van der Waals surface area contributed by atoms with E-state index in [0.717, 1.165) is 12.8 Å². The minimum Gasteiger partial charge on any atom is -0.463 e. The van der Waals surface area contributed by atoms with Gasteiger partial charge in [0.05, 0.1) is 6.61 Å². The molecule has 2 aromatic carbocycles. The van der Waals surface area contributed by atoms with E-state index in [1.807, 2.05) is 36.4 Å². The Bertz CT molecular complexity index is 732. The molecule has 0 aliphatic rings. The average Bonchev–Trinajstić information content (AvgIpc) is 2.90. The number of aliphatic hydroxyl groups is 1. The van der Waals surface area contributed by atoms with E-state index in [0.29, 0.717) is 17.7 Å². The van der Waals surface area contributed by atoms with Crippen molar-refractivity contribution in [3.8, 4) is 0 Å². The van der Waals surface area contributed by atoms with Crippen LogP contribution in [0.2, 0.25) is 0 Å². The standard InChI is InChI=1S/C32H48O3/c1-2-3-4-5-6-7-8-9-10-11-12-13-14-15-16-23-28-35-31(33)32(34,29-24-19-17-20-25-29)30-26-21-18-22-27-30/h17-22,24-27,34H,2-16,23,28H2,1H3. The van der Waals surface area contributed by atoms with Crippen molar-refractivity contribution >= 4 is 5.97 Å². The Morgan fingerprint density at radius 3 is 1.31 bits per heavy atom. The van der Waals surface area contributed by atoms with Crippen LogP contribution in [0.25, 0.3) is 0 Å². The van der Waals surface area contributed by atoms with Gasteiger partial charge >= 0.3 is 5.97 Å². The summed E-state index contributed by atoms with van der Waals surface area (Å²) in [5, 5.41) is 11.4. The number of carbonyl (C=O) groups is 1. The molecule has 3 nitrogen and oxygen atoms in total. The zero-order valence-electron chi connectivity index (χ0n) is 22.1. The fourth-order valence-electron chi connectivity index (χ4n) is 4.68. The van der Waals surface area contributed by atoms with Crippen LogP contribution in [0.1, 0.15) is 121 Å². The Hall–Kier alpha value is -2.13. The van der Waals surface area contributed by atoms with Gasteiger partial charge in [-0.25, -0.2) is 4.79 Å². The SMILES string of the molecule is CCCCCCCCCCCCCCCCCCOC(=O)C(O)(c1ccccc1)c1ccccc1. The first kappa shape index (κ1) is 29.1. The summed E-state index contributed by atoms with van der Waals surface area (Å²) in [6.45, 7) is 2.62. The lowest BCUT2D eigenvalue weighted by atomic mass is 9.86. The van der Waals surface area contributed by atoms with Gasteiger partial charge in [0.1, 0.15) is 0 Å². The molecule has 3 heteroatoms. The number of hydrogen-bond acceptors (Lipinski definition) is 3. The highest BCUT2D eigenvalue weighted by molar-refractivity contribution is 5.85. The lowest BCUT2D eigenvalue weighted by Gasteiger charge is -2.27. The molecule has 194 valence electrons. The van der Waals surface area contributed by atoms with E-state index in [4.69, 9.17) is 4.74 Å². The first-order chi connectivity index (χ1) is 17.2. The molecule has 35 heavy (non-hydrogen) atoms. The van der Waals surface area contributed by atoms with Crippen LogP contribution < -0.4 is 0 Å². The normalized spacial score (nSPS) is 11.5. The number of carbonyl (C=O) groups excluding carboxylic acids is 1. The Kier molecular flexibility index (Phi) is 15.1. The molecule has 1 N–H and O–H groups in total. The van der Waals surface area contributed by atoms with Gasteiger partial charge in [-0.1, -0.05) is 164 Å². The lowest BCUT2D eigenvalue weighted by Crippen LogP contribution is -2.38. The van der Waals surface area contributed by atoms with E-state index in [1.165, 1.54) is 89.9 Å². The van der Waals surface area contributed by atoms with Crippen molar-refractivity contribution in [2.75, 3.05) is 6.61 Å². The van der Waals surface area contributed by atoms with Crippen molar-refractivity contribution in [2.45, 2.75) is 115 Å². The molecule has 2 aromatic rings. The minimum atomic E-state index is -1.78. The molecule has 0 bridgehead atoms. The zero-order valence-corrected chi connectivity index (χ0v) is 22.1. The summed E-state index contributed by atoms with van der Waals surface area (Å²) in [6, 6.07) is 18.1. The highest BCUT2D eigenvalue weighted by atomic mass is 16.5. The van der Waals surface area contributed by atoms with Crippen LogP contribution in [0.4, 0.5) is 0 Å². The first-order valence-corrected chi connectivity index (χ1v) is 14.2. The van der Waals surface area contributed by atoms with Gasteiger partial charge in [0.2, 0.25) is 5.60 Å². The Morgan fingerprint density at radius 1 is 0.600 bits per heavy atom. The molecular formula is C32H48O3. The average molecular weight is 481 g/mol. The van der Waals surface area contributed by atoms with Crippen molar-refractivity contribution in [2.24, 2.45) is 0 Å². The van der Waals surface area contributed by atoms with Gasteiger partial charge in [0.15, 0.2) is 0 Å². The van der Waals surface area contributed by atoms with Gasteiger partial charge in [-0.2, -0.15) is 0 Å². The molecule has 0 saturated carbocycles. The third-order valence-corrected chi connectivity index (χ3v) is 6.91. The van der Waals surface area contributed by atoms with E-state index in [2.05, 4.69) is 6.92 Å². The number of esters is 1. The molecule has 0 radical (unpaired) electrons. The molecule has 0 heterocycles. The van der Waals surface area contributed by atoms with Crippen molar-refractivity contribution in [1.82, 2.24) is 0 Å². The van der Waals surface area contributed by atoms with Crippen LogP contribution in [0.5, 0.6) is 0 Å². The summed E-state index contributed by atoms with van der Waals surface area (Å²) >= 11 is 0. The Balaban J connectivity index is 1.53. The summed E-state index contributed by atoms with van der Waals surface area (Å²) in [7, 11) is 0. The van der Waals surface area contributed by atoms with Gasteiger partial charge < -0.3 is 9.84 Å². The third-order valence-electron chi connectivity index (χ3n) is 6.91. The largest absolute Gasteiger partial charge is 0.463 e. The second-order valence-electron chi connectivity index (χ2n) is 9.88. The monoisotopic (exact) mass is 480 g/mol. The fourth-order valence-corrected chi connectivity index (χ4v) is 4.68. The summed E-state index contributed by atoms with van der Waals surface area (Å²) in [5.41, 5.74) is -0.719. The van der Waals surface area contributed by atoms with Crippen LogP contribution in [-0.2, 0) is 15.1 Å². The molecular weight excluding hydrogens is 432 g/mol. The van der Waals surface area contributed by atoms with Gasteiger partial charge in [0.25, 0.3) is 0 Å². The summed E-state index contributed by atoms with van der Waals surface area (Å²) in [5.74, 6) is -0.601. The van der Waals surface area contributed by atoms with Crippen molar-refractivity contribution in [1.29, 1.82) is 0 Å². The third kappa shape index (κ3) is 11.0. The number of benzene rings is 2. The van der Waals surface area contributed by atoms with Gasteiger partial charge in [-0.05, 0) is 17.5 Å². The molecule has 0 aromatic heterocycles. The number of unbranched alkanes of at least 4 members (excludes halogenated alkanes) is 15. The van der Waals surface area contributed by atoms with E-state index in [-0.39, 0.29) is 0 Å². The molecule has 0 fully saturated rings. The van der Waals surface area contributed by atoms with Crippen LogP contribution in [0.15, 0.2) is 60.7 Å². The summed E-state index contributed by atoms with van der Waals surface area (Å²) in [6.07, 6.45) is 21.0. The molecule has 0 saturated heterocycles. The van der Waals surface area contributed by atoms with Crippen molar-refractivity contribution in [3.05, 3.63) is 71.8 Å². The quantitative estimate of drug-likeness (QED) is 0.152. The molecule has 0 spiro atoms. The van der Waals surface area contributed by atoms with Crippen LogP contribution in [0.3, 0.4) is 0 Å². The fraction of sp³-hybridized carbons (Fsp3) is 0.594. The molecule has 0 amide bonds. The van der Waals surface area contributed by atoms with Crippen molar-refractivity contribution < 1.29 is 14.6 Å². The molecule has 2 rings (SSSR count). The number of ether oxygens (including phenoxy) is 1. The highest BCUT2D eigenvalue weighted by Gasteiger charge is 2.41. The highest BCUT2D eigenvalue weighted by Crippen LogP contribution is 2.31. The van der Waals surface area contributed by atoms with Crippen LogP contribution in [0, 0.1) is 0 Å². The second kappa shape index (κ2) is 18.2. The predicted octanol–water partition coefficient (Wildman–Crippen LogP) is 8.73. The maximum atomic E-state index is 13.0. The molecule has 0 aliphatic heterocycles. The second-order valence-corrected chi connectivity index (χ2v) is 9.88. The van der Waals surface area contributed by atoms with E-state index in [1.54, 1.807) is 24.3 Å². The first-order valence-electron chi connectivity index (χ1n) is 14.2. The zero-order chi connectivity index (χ0) is 25.0. The maximum absolute atomic E-state index is 13.0. The molecule has 0 unspecified atom stereocenters. The lowest BCUT2D eigenvalue weighted by molar-refractivity contribution is -0.162. The maximum Gasteiger partial charge on any atom is 0.347 e. The topological polar surface area (TPSA) is 46.5 Å². The van der Waals surface area contributed by atoms with Gasteiger partial charge in [-0.15, -0.1) is 0 Å². The van der Waals surface area contributed by atoms with Crippen LogP contribution in [-0.4, -0.2) is 17.7 Å². The number of hydrogen-bond donors (Lipinski definition) is 1. The smallest absolute Gasteiger partial charge is 0.347 e. The summed E-state index contributed by atoms with van der Waals surface area (Å²) in [4.78, 5) is 13.0. The number of rotatable bonds is 20.